The molecule has 4 nitrogen and oxygen atoms in total. The maximum absolute atomic E-state index is 5.69. The van der Waals surface area contributed by atoms with Crippen LogP contribution in [0.4, 0.5) is 0 Å². The minimum Gasteiger partial charge on any atom is -0.365 e. The molecule has 1 aromatic rings. The molecule has 0 unspecified atom stereocenters. The summed E-state index contributed by atoms with van der Waals surface area (Å²) in [6.45, 7) is 0. The molecular formula is C8H10ClN4+. The van der Waals surface area contributed by atoms with Gasteiger partial charge in [0.1, 0.15) is 0 Å². The Hall–Kier alpha value is -1.55. The van der Waals surface area contributed by atoms with Crippen LogP contribution < -0.4 is 16.6 Å². The van der Waals surface area contributed by atoms with Crippen LogP contribution in [0.15, 0.2) is 29.4 Å². The highest BCUT2D eigenvalue weighted by molar-refractivity contribution is 6.30. The van der Waals surface area contributed by atoms with E-state index >= 15 is 0 Å². The van der Waals surface area contributed by atoms with Crippen molar-refractivity contribution in [2.24, 2.45) is 16.6 Å². The second-order valence-corrected chi connectivity index (χ2v) is 2.80. The van der Waals surface area contributed by atoms with Crippen molar-refractivity contribution < 1.29 is 5.10 Å². The third-order valence-corrected chi connectivity index (χ3v) is 1.55. The van der Waals surface area contributed by atoms with E-state index in [4.69, 9.17) is 23.1 Å². The lowest BCUT2D eigenvalue weighted by Gasteiger charge is -1.87. The third-order valence-electron chi connectivity index (χ3n) is 1.29. The van der Waals surface area contributed by atoms with E-state index in [2.05, 4.69) is 10.2 Å². The summed E-state index contributed by atoms with van der Waals surface area (Å²) in [6, 6.07) is 7.25. The average Bonchev–Trinajstić information content (AvgIpc) is 2.08. The van der Waals surface area contributed by atoms with E-state index in [0.717, 1.165) is 5.56 Å². The highest BCUT2D eigenvalue weighted by Crippen LogP contribution is 2.06. The smallest absolute Gasteiger partial charge is 0.256 e. The van der Waals surface area contributed by atoms with E-state index in [0.29, 0.717) is 5.02 Å². The third kappa shape index (κ3) is 3.57. The quantitative estimate of drug-likeness (QED) is 0.324. The number of nitrogens with one attached hydrogen (secondary N) is 1. The molecular weight excluding hydrogens is 188 g/mol. The van der Waals surface area contributed by atoms with E-state index in [1.807, 2.05) is 12.1 Å². The van der Waals surface area contributed by atoms with Gasteiger partial charge in [-0.15, -0.1) is 5.10 Å². The molecule has 0 atom stereocenters. The molecule has 0 saturated carbocycles. The van der Waals surface area contributed by atoms with Gasteiger partial charge in [0.05, 0.1) is 0 Å². The Morgan fingerprint density at radius 2 is 1.92 bits per heavy atom. The number of halogens is 1. The van der Waals surface area contributed by atoms with Crippen LogP contribution in [0, 0.1) is 0 Å². The number of nitrogens with zero attached hydrogens (tertiary/aromatic N) is 1. The molecule has 0 aromatic heterocycles. The Morgan fingerprint density at radius 1 is 1.31 bits per heavy atom. The van der Waals surface area contributed by atoms with Gasteiger partial charge < -0.3 is 11.5 Å². The SMILES string of the molecule is NC(N)=N[NH+]=Cc1ccc(Cl)cc1. The minimum atomic E-state index is -0.00906. The lowest BCUT2D eigenvalue weighted by molar-refractivity contribution is -0.456. The summed E-state index contributed by atoms with van der Waals surface area (Å²) in [5, 5.41) is 6.86. The number of benzene rings is 1. The molecule has 1 aromatic carbocycles. The summed E-state index contributed by atoms with van der Waals surface area (Å²) in [6.07, 6.45) is 1.66. The number of hydrazone groups is 1. The lowest BCUT2D eigenvalue weighted by Crippen LogP contribution is -2.63. The van der Waals surface area contributed by atoms with E-state index in [9.17, 15) is 0 Å². The van der Waals surface area contributed by atoms with E-state index in [1.54, 1.807) is 18.3 Å². The highest BCUT2D eigenvalue weighted by Gasteiger charge is 1.91. The van der Waals surface area contributed by atoms with Crippen LogP contribution in [0.2, 0.25) is 5.02 Å². The molecule has 5 heteroatoms. The van der Waals surface area contributed by atoms with Gasteiger partial charge in [0, 0.05) is 15.7 Å². The minimum absolute atomic E-state index is 0.00906. The molecule has 0 spiro atoms. The van der Waals surface area contributed by atoms with Gasteiger partial charge in [0.25, 0.3) is 5.96 Å². The van der Waals surface area contributed by atoms with Crippen LogP contribution in [-0.2, 0) is 0 Å². The molecule has 0 aliphatic heterocycles. The number of nitrogens with two attached hydrogens (primary N) is 2. The van der Waals surface area contributed by atoms with Gasteiger partial charge >= 0.3 is 0 Å². The molecule has 0 radical (unpaired) electrons. The predicted molar refractivity (Wildman–Crippen MR) is 53.4 cm³/mol. The van der Waals surface area contributed by atoms with Crippen molar-refractivity contribution in [2.75, 3.05) is 0 Å². The molecule has 0 heterocycles. The molecule has 1 rings (SSSR count). The van der Waals surface area contributed by atoms with Crippen molar-refractivity contribution in [2.45, 2.75) is 0 Å². The summed E-state index contributed by atoms with van der Waals surface area (Å²) in [5.41, 5.74) is 11.1. The first-order valence-electron chi connectivity index (χ1n) is 3.61. The monoisotopic (exact) mass is 197 g/mol. The van der Waals surface area contributed by atoms with E-state index < -0.39 is 0 Å². The molecule has 0 saturated heterocycles. The summed E-state index contributed by atoms with van der Waals surface area (Å²) in [5.74, 6) is -0.00906. The zero-order chi connectivity index (χ0) is 9.68. The summed E-state index contributed by atoms with van der Waals surface area (Å²) in [4.78, 5) is 0. The largest absolute Gasteiger partial charge is 0.365 e. The number of rotatable bonds is 2. The standard InChI is InChI=1S/C8H9ClN4/c9-7-3-1-6(2-4-7)5-12-13-8(10)11/h1-5H,(H4,10,11,13)/p+1. The predicted octanol–water partition coefficient (Wildman–Crippen LogP) is -0.972. The van der Waals surface area contributed by atoms with Crippen molar-refractivity contribution in [1.29, 1.82) is 0 Å². The van der Waals surface area contributed by atoms with Gasteiger partial charge in [-0.3, -0.25) is 0 Å². The van der Waals surface area contributed by atoms with Crippen molar-refractivity contribution in [3.8, 4) is 0 Å². The van der Waals surface area contributed by atoms with Crippen molar-refractivity contribution in [1.82, 2.24) is 0 Å². The molecule has 0 fully saturated rings. The number of hydrogen-bond donors (Lipinski definition) is 3. The molecule has 5 N–H and O–H groups in total. The van der Waals surface area contributed by atoms with E-state index in [1.165, 1.54) is 0 Å². The van der Waals surface area contributed by atoms with Gasteiger partial charge in [-0.05, 0) is 24.3 Å². The van der Waals surface area contributed by atoms with Gasteiger partial charge in [-0.1, -0.05) is 11.6 Å². The van der Waals surface area contributed by atoms with Crippen LogP contribution in [0.3, 0.4) is 0 Å². The maximum Gasteiger partial charge on any atom is 0.256 e. The van der Waals surface area contributed by atoms with Crippen molar-refractivity contribution in [3.05, 3.63) is 34.9 Å². The Bertz CT molecular complexity index is 325. The summed E-state index contributed by atoms with van der Waals surface area (Å²) in [7, 11) is 0. The second kappa shape index (κ2) is 4.47. The topological polar surface area (TPSA) is 78.4 Å². The van der Waals surface area contributed by atoms with Crippen LogP contribution >= 0.6 is 11.6 Å². The lowest BCUT2D eigenvalue weighted by atomic mass is 10.2. The fraction of sp³-hybridized carbons (Fsp3) is 0. The zero-order valence-electron chi connectivity index (χ0n) is 6.87. The molecule has 0 aliphatic carbocycles. The van der Waals surface area contributed by atoms with Gasteiger partial charge in [0.2, 0.25) is 6.21 Å². The number of guanidine groups is 1. The first-order valence-corrected chi connectivity index (χ1v) is 3.99. The maximum atomic E-state index is 5.69. The Morgan fingerprint density at radius 3 is 2.46 bits per heavy atom. The fourth-order valence-electron chi connectivity index (χ4n) is 0.740. The molecule has 0 aliphatic rings. The zero-order valence-corrected chi connectivity index (χ0v) is 7.62. The van der Waals surface area contributed by atoms with Gasteiger partial charge in [0.15, 0.2) is 0 Å². The highest BCUT2D eigenvalue weighted by atomic mass is 35.5. The van der Waals surface area contributed by atoms with Crippen LogP contribution in [0.5, 0.6) is 0 Å². The molecule has 68 valence electrons. The van der Waals surface area contributed by atoms with Crippen LogP contribution in [0.1, 0.15) is 5.56 Å². The Kier molecular flexibility index (Phi) is 3.28. The summed E-state index contributed by atoms with van der Waals surface area (Å²) < 4.78 is 0. The molecule has 0 amide bonds. The normalized spacial score (nSPS) is 10.2. The van der Waals surface area contributed by atoms with Gasteiger partial charge in [-0.2, -0.15) is 0 Å². The van der Waals surface area contributed by atoms with Crippen LogP contribution in [-0.4, -0.2) is 12.2 Å². The van der Waals surface area contributed by atoms with E-state index in [-0.39, 0.29) is 5.96 Å². The first kappa shape index (κ1) is 9.54. The average molecular weight is 198 g/mol. The second-order valence-electron chi connectivity index (χ2n) is 2.36. The van der Waals surface area contributed by atoms with Crippen molar-refractivity contribution in [3.63, 3.8) is 0 Å². The molecule has 13 heavy (non-hydrogen) atoms. The van der Waals surface area contributed by atoms with Crippen molar-refractivity contribution >= 4 is 23.8 Å². The Labute approximate surface area is 80.9 Å². The number of hydrogen-bond acceptors (Lipinski definition) is 1. The Balaban J connectivity index is 2.70. The first-order chi connectivity index (χ1) is 6.18. The fourth-order valence-corrected chi connectivity index (χ4v) is 0.866. The van der Waals surface area contributed by atoms with Crippen LogP contribution in [0.25, 0.3) is 0 Å². The molecule has 0 bridgehead atoms. The summed E-state index contributed by atoms with van der Waals surface area (Å²) >= 11 is 5.69. The van der Waals surface area contributed by atoms with Gasteiger partial charge in [-0.25, -0.2) is 0 Å².